The second-order valence-electron chi connectivity index (χ2n) is 7.48. The van der Waals surface area contributed by atoms with E-state index < -0.39 is 0 Å². The lowest BCUT2D eigenvalue weighted by molar-refractivity contribution is -0.117. The van der Waals surface area contributed by atoms with E-state index in [9.17, 15) is 4.79 Å². The Bertz CT molecular complexity index is 747. The SMILES string of the molecule is O=C1CC[C@@H](c2ccc(OCc3ccccc3)c(OC3CCCC3)c2)C1. The molecule has 26 heavy (non-hydrogen) atoms. The van der Waals surface area contributed by atoms with Crippen molar-refractivity contribution in [3.63, 3.8) is 0 Å². The zero-order valence-corrected chi connectivity index (χ0v) is 15.2. The largest absolute Gasteiger partial charge is 0.487 e. The maximum absolute atomic E-state index is 11.7. The first kappa shape index (κ1) is 17.1. The number of carbonyl (C=O) groups excluding carboxylic acids is 1. The number of rotatable bonds is 6. The van der Waals surface area contributed by atoms with Crippen LogP contribution in [0.15, 0.2) is 48.5 Å². The smallest absolute Gasteiger partial charge is 0.161 e. The summed E-state index contributed by atoms with van der Waals surface area (Å²) in [5.74, 6) is 2.34. The minimum absolute atomic E-state index is 0.287. The molecule has 0 N–H and O–H groups in total. The van der Waals surface area contributed by atoms with Gasteiger partial charge in [0.15, 0.2) is 11.5 Å². The number of carbonyl (C=O) groups is 1. The number of ketones is 1. The van der Waals surface area contributed by atoms with Crippen molar-refractivity contribution in [3.8, 4) is 11.5 Å². The molecule has 0 bridgehead atoms. The molecule has 2 aromatic carbocycles. The van der Waals surface area contributed by atoms with Crippen LogP contribution in [0.2, 0.25) is 0 Å². The summed E-state index contributed by atoms with van der Waals surface area (Å²) in [4.78, 5) is 11.7. The van der Waals surface area contributed by atoms with Crippen molar-refractivity contribution in [1.82, 2.24) is 0 Å². The Labute approximate surface area is 155 Å². The molecule has 3 heteroatoms. The molecule has 0 unspecified atom stereocenters. The van der Waals surface area contributed by atoms with Crippen molar-refractivity contribution in [1.29, 1.82) is 0 Å². The Morgan fingerprint density at radius 3 is 2.46 bits per heavy atom. The lowest BCUT2D eigenvalue weighted by Crippen LogP contribution is -2.12. The van der Waals surface area contributed by atoms with Crippen molar-refractivity contribution >= 4 is 5.78 Å². The molecule has 0 aliphatic heterocycles. The first-order valence-electron chi connectivity index (χ1n) is 9.77. The predicted molar refractivity (Wildman–Crippen MR) is 102 cm³/mol. The van der Waals surface area contributed by atoms with Gasteiger partial charge in [0.1, 0.15) is 12.4 Å². The zero-order valence-electron chi connectivity index (χ0n) is 15.2. The molecule has 2 aliphatic rings. The number of hydrogen-bond donors (Lipinski definition) is 0. The van der Waals surface area contributed by atoms with Gasteiger partial charge in [-0.15, -0.1) is 0 Å². The summed E-state index contributed by atoms with van der Waals surface area (Å²) >= 11 is 0. The molecule has 2 aliphatic carbocycles. The average molecular weight is 350 g/mol. The molecular weight excluding hydrogens is 324 g/mol. The molecule has 0 amide bonds. The molecule has 2 fully saturated rings. The fourth-order valence-corrected chi connectivity index (χ4v) is 4.01. The van der Waals surface area contributed by atoms with Gasteiger partial charge in [-0.1, -0.05) is 36.4 Å². The Kier molecular flexibility index (Phi) is 5.24. The Hall–Kier alpha value is -2.29. The molecule has 0 heterocycles. The van der Waals surface area contributed by atoms with Crippen LogP contribution in [0.4, 0.5) is 0 Å². The van der Waals surface area contributed by atoms with Crippen LogP contribution >= 0.6 is 0 Å². The highest BCUT2D eigenvalue weighted by Gasteiger charge is 2.25. The van der Waals surface area contributed by atoms with E-state index in [1.54, 1.807) is 0 Å². The highest BCUT2D eigenvalue weighted by Crippen LogP contribution is 2.39. The summed E-state index contributed by atoms with van der Waals surface area (Å²) in [5.41, 5.74) is 2.35. The van der Waals surface area contributed by atoms with Crippen LogP contribution in [0.1, 0.15) is 62.0 Å². The van der Waals surface area contributed by atoms with Crippen molar-refractivity contribution in [2.45, 2.75) is 63.6 Å². The number of hydrogen-bond acceptors (Lipinski definition) is 3. The molecule has 1 atom stereocenters. The molecule has 2 aromatic rings. The molecule has 0 saturated heterocycles. The van der Waals surface area contributed by atoms with E-state index in [0.29, 0.717) is 31.1 Å². The van der Waals surface area contributed by atoms with E-state index in [1.807, 2.05) is 24.3 Å². The van der Waals surface area contributed by atoms with Crippen molar-refractivity contribution in [2.75, 3.05) is 0 Å². The van der Waals surface area contributed by atoms with Crippen LogP contribution in [0, 0.1) is 0 Å². The van der Waals surface area contributed by atoms with Gasteiger partial charge in [0.05, 0.1) is 6.10 Å². The van der Waals surface area contributed by atoms with Gasteiger partial charge in [-0.3, -0.25) is 4.79 Å². The number of Topliss-reactive ketones (excluding diaryl/α,β-unsaturated/α-hetero) is 1. The predicted octanol–water partition coefficient (Wildman–Crippen LogP) is 5.42. The third kappa shape index (κ3) is 4.09. The Morgan fingerprint density at radius 2 is 1.73 bits per heavy atom. The summed E-state index contributed by atoms with van der Waals surface area (Å²) in [6, 6.07) is 16.4. The second-order valence-corrected chi connectivity index (χ2v) is 7.48. The first-order valence-corrected chi connectivity index (χ1v) is 9.77. The third-order valence-corrected chi connectivity index (χ3v) is 5.52. The van der Waals surface area contributed by atoms with Gasteiger partial charge >= 0.3 is 0 Å². The highest BCUT2D eigenvalue weighted by molar-refractivity contribution is 5.81. The molecule has 4 rings (SSSR count). The fourth-order valence-electron chi connectivity index (χ4n) is 4.01. The van der Waals surface area contributed by atoms with Crippen LogP contribution in [0.5, 0.6) is 11.5 Å². The van der Waals surface area contributed by atoms with Gasteiger partial charge in [-0.2, -0.15) is 0 Å². The number of ether oxygens (including phenoxy) is 2. The standard InChI is InChI=1S/C23H26O3/c24-20-12-10-18(14-20)19-11-13-22(25-16-17-6-2-1-3-7-17)23(15-19)26-21-8-4-5-9-21/h1-3,6-7,11,13,15,18,21H,4-5,8-10,12,14,16H2/t18-/m1/s1. The van der Waals surface area contributed by atoms with Crippen LogP contribution in [-0.2, 0) is 11.4 Å². The van der Waals surface area contributed by atoms with Gasteiger partial charge in [0.25, 0.3) is 0 Å². The van der Waals surface area contributed by atoms with Gasteiger partial charge in [0, 0.05) is 12.8 Å². The summed E-state index contributed by atoms with van der Waals surface area (Å²) in [6.07, 6.45) is 7.31. The van der Waals surface area contributed by atoms with Crippen LogP contribution in [0.25, 0.3) is 0 Å². The zero-order chi connectivity index (χ0) is 17.8. The van der Waals surface area contributed by atoms with Gasteiger partial charge in [0.2, 0.25) is 0 Å². The van der Waals surface area contributed by atoms with Crippen LogP contribution in [-0.4, -0.2) is 11.9 Å². The average Bonchev–Trinajstić information content (AvgIpc) is 3.33. The Morgan fingerprint density at radius 1 is 0.923 bits per heavy atom. The molecular formula is C23H26O3. The van der Waals surface area contributed by atoms with Crippen molar-refractivity contribution < 1.29 is 14.3 Å². The lowest BCUT2D eigenvalue weighted by Gasteiger charge is -2.19. The Balaban J connectivity index is 1.53. The maximum atomic E-state index is 11.7. The van der Waals surface area contributed by atoms with E-state index in [-0.39, 0.29) is 6.10 Å². The second kappa shape index (κ2) is 7.94. The fraction of sp³-hybridized carbons (Fsp3) is 0.435. The van der Waals surface area contributed by atoms with E-state index >= 15 is 0 Å². The minimum atomic E-state index is 0.287. The van der Waals surface area contributed by atoms with E-state index in [2.05, 4.69) is 24.3 Å². The first-order chi connectivity index (χ1) is 12.8. The van der Waals surface area contributed by atoms with E-state index in [1.165, 1.54) is 18.4 Å². The highest BCUT2D eigenvalue weighted by atomic mass is 16.5. The van der Waals surface area contributed by atoms with Gasteiger partial charge in [-0.05, 0) is 61.3 Å². The normalized spacial score (nSPS) is 20.5. The van der Waals surface area contributed by atoms with Crippen LogP contribution in [0.3, 0.4) is 0 Å². The summed E-state index contributed by atoms with van der Waals surface area (Å²) in [5, 5.41) is 0. The minimum Gasteiger partial charge on any atom is -0.487 e. The number of benzene rings is 2. The van der Waals surface area contributed by atoms with Crippen LogP contribution < -0.4 is 9.47 Å². The molecule has 3 nitrogen and oxygen atoms in total. The molecule has 0 aromatic heterocycles. The maximum Gasteiger partial charge on any atom is 0.161 e. The van der Waals surface area contributed by atoms with Crippen molar-refractivity contribution in [3.05, 3.63) is 59.7 Å². The molecule has 0 spiro atoms. The van der Waals surface area contributed by atoms with E-state index in [0.717, 1.165) is 36.3 Å². The lowest BCUT2D eigenvalue weighted by atomic mass is 9.97. The van der Waals surface area contributed by atoms with Gasteiger partial charge in [-0.25, -0.2) is 0 Å². The van der Waals surface area contributed by atoms with Crippen molar-refractivity contribution in [2.24, 2.45) is 0 Å². The quantitative estimate of drug-likeness (QED) is 0.697. The summed E-state index contributed by atoms with van der Waals surface area (Å²) in [7, 11) is 0. The molecule has 136 valence electrons. The monoisotopic (exact) mass is 350 g/mol. The topological polar surface area (TPSA) is 35.5 Å². The third-order valence-electron chi connectivity index (χ3n) is 5.52. The van der Waals surface area contributed by atoms with Gasteiger partial charge < -0.3 is 9.47 Å². The molecule has 2 saturated carbocycles. The summed E-state index contributed by atoms with van der Waals surface area (Å²) in [6.45, 7) is 0.531. The molecule has 0 radical (unpaired) electrons. The van der Waals surface area contributed by atoms with E-state index in [4.69, 9.17) is 9.47 Å². The summed E-state index contributed by atoms with van der Waals surface area (Å²) < 4.78 is 12.4.